The molecule has 4 heteroatoms. The lowest BCUT2D eigenvalue weighted by molar-refractivity contribution is 0.00923. The van der Waals surface area contributed by atoms with Crippen molar-refractivity contribution >= 4 is 5.69 Å². The molecule has 0 radical (unpaired) electrons. The molecule has 4 nitrogen and oxygen atoms in total. The third kappa shape index (κ3) is 3.39. The predicted molar refractivity (Wildman–Crippen MR) is 74.4 cm³/mol. The van der Waals surface area contributed by atoms with Crippen molar-refractivity contribution in [1.29, 1.82) is 5.26 Å². The van der Waals surface area contributed by atoms with Crippen LogP contribution in [0.25, 0.3) is 0 Å². The van der Waals surface area contributed by atoms with Crippen LogP contribution in [0.5, 0.6) is 5.75 Å². The minimum absolute atomic E-state index is 0.343. The number of nitrogens with zero attached hydrogens (tertiary/aromatic N) is 1. The van der Waals surface area contributed by atoms with E-state index in [-0.39, 0.29) is 0 Å². The second kappa shape index (κ2) is 6.44. The summed E-state index contributed by atoms with van der Waals surface area (Å²) >= 11 is 0. The zero-order valence-corrected chi connectivity index (χ0v) is 11.5. The first kappa shape index (κ1) is 13.7. The highest BCUT2D eigenvalue weighted by atomic mass is 16.5. The molecule has 1 N–H and O–H groups in total. The second-order valence-corrected chi connectivity index (χ2v) is 4.79. The molecule has 1 aromatic carbocycles. The Morgan fingerprint density at radius 2 is 2.37 bits per heavy atom. The largest absolute Gasteiger partial charge is 0.495 e. The molecule has 0 aliphatic carbocycles. The highest BCUT2D eigenvalue weighted by Crippen LogP contribution is 2.28. The number of benzene rings is 1. The normalized spacial score (nSPS) is 22.6. The molecule has 19 heavy (non-hydrogen) atoms. The Labute approximate surface area is 114 Å². The first-order valence-electron chi connectivity index (χ1n) is 6.73. The second-order valence-electron chi connectivity index (χ2n) is 4.79. The molecular weight excluding hydrogens is 240 g/mol. The minimum atomic E-state index is 0.343. The van der Waals surface area contributed by atoms with Crippen LogP contribution in [0.15, 0.2) is 18.2 Å². The summed E-state index contributed by atoms with van der Waals surface area (Å²) in [6.45, 7) is 2.95. The maximum Gasteiger partial charge on any atom is 0.143 e. The lowest BCUT2D eigenvalue weighted by Crippen LogP contribution is -2.33. The SMILES string of the molecule is CCC1CC(Nc2ccc(C#N)cc2OC)CCO1. The van der Waals surface area contributed by atoms with Crippen molar-refractivity contribution in [2.45, 2.75) is 38.3 Å². The van der Waals surface area contributed by atoms with Gasteiger partial charge in [-0.15, -0.1) is 0 Å². The lowest BCUT2D eigenvalue weighted by atomic mass is 10.0. The van der Waals surface area contributed by atoms with Crippen LogP contribution in [-0.4, -0.2) is 25.9 Å². The van der Waals surface area contributed by atoms with E-state index in [1.807, 2.05) is 12.1 Å². The number of anilines is 1. The molecule has 1 aliphatic rings. The van der Waals surface area contributed by atoms with E-state index in [0.29, 0.717) is 17.7 Å². The molecule has 0 bridgehead atoms. The number of methoxy groups -OCH3 is 1. The van der Waals surface area contributed by atoms with Crippen molar-refractivity contribution in [1.82, 2.24) is 0 Å². The van der Waals surface area contributed by atoms with E-state index < -0.39 is 0 Å². The molecule has 0 spiro atoms. The zero-order chi connectivity index (χ0) is 13.7. The summed E-state index contributed by atoms with van der Waals surface area (Å²) in [5, 5.41) is 12.4. The molecular formula is C15H20N2O2. The molecule has 2 unspecified atom stereocenters. The molecule has 2 rings (SSSR count). The van der Waals surface area contributed by atoms with Crippen LogP contribution in [0.1, 0.15) is 31.7 Å². The summed E-state index contributed by atoms with van der Waals surface area (Å²) < 4.78 is 11.0. The maximum atomic E-state index is 8.89. The zero-order valence-electron chi connectivity index (χ0n) is 11.5. The van der Waals surface area contributed by atoms with Gasteiger partial charge in [-0.1, -0.05) is 6.92 Å². The quantitative estimate of drug-likeness (QED) is 0.904. The van der Waals surface area contributed by atoms with Gasteiger partial charge in [0.2, 0.25) is 0 Å². The number of nitriles is 1. The Morgan fingerprint density at radius 3 is 3.05 bits per heavy atom. The van der Waals surface area contributed by atoms with Crippen LogP contribution in [0.2, 0.25) is 0 Å². The molecule has 0 aromatic heterocycles. The van der Waals surface area contributed by atoms with Gasteiger partial charge in [-0.25, -0.2) is 0 Å². The number of hydrogen-bond acceptors (Lipinski definition) is 4. The number of rotatable bonds is 4. The lowest BCUT2D eigenvalue weighted by Gasteiger charge is -2.30. The van der Waals surface area contributed by atoms with Crippen LogP contribution in [-0.2, 0) is 4.74 Å². The van der Waals surface area contributed by atoms with Crippen molar-refractivity contribution in [3.05, 3.63) is 23.8 Å². The van der Waals surface area contributed by atoms with E-state index in [0.717, 1.165) is 37.3 Å². The van der Waals surface area contributed by atoms with Gasteiger partial charge in [-0.05, 0) is 31.4 Å². The van der Waals surface area contributed by atoms with Crippen LogP contribution in [0.3, 0.4) is 0 Å². The Morgan fingerprint density at radius 1 is 1.53 bits per heavy atom. The first-order chi connectivity index (χ1) is 9.26. The number of hydrogen-bond donors (Lipinski definition) is 1. The van der Waals surface area contributed by atoms with E-state index >= 15 is 0 Å². The van der Waals surface area contributed by atoms with Crippen LogP contribution in [0, 0.1) is 11.3 Å². The summed E-state index contributed by atoms with van der Waals surface area (Å²) in [7, 11) is 1.63. The Bertz CT molecular complexity index is 468. The van der Waals surface area contributed by atoms with Gasteiger partial charge in [0.1, 0.15) is 5.75 Å². The fourth-order valence-electron chi connectivity index (χ4n) is 2.40. The highest BCUT2D eigenvalue weighted by Gasteiger charge is 2.21. The van der Waals surface area contributed by atoms with E-state index in [1.165, 1.54) is 0 Å². The monoisotopic (exact) mass is 260 g/mol. The van der Waals surface area contributed by atoms with Crippen molar-refractivity contribution in [3.63, 3.8) is 0 Å². The number of ether oxygens (including phenoxy) is 2. The summed E-state index contributed by atoms with van der Waals surface area (Å²) in [6.07, 6.45) is 3.40. The predicted octanol–water partition coefficient (Wildman–Crippen LogP) is 2.94. The van der Waals surface area contributed by atoms with Crippen LogP contribution in [0.4, 0.5) is 5.69 Å². The summed E-state index contributed by atoms with van der Waals surface area (Å²) in [6, 6.07) is 8.00. The number of nitrogens with one attached hydrogen (secondary N) is 1. The fraction of sp³-hybridized carbons (Fsp3) is 0.533. The van der Waals surface area contributed by atoms with Crippen molar-refractivity contribution in [2.75, 3.05) is 19.0 Å². The van der Waals surface area contributed by atoms with Gasteiger partial charge in [0.25, 0.3) is 0 Å². The Balaban J connectivity index is 2.08. The maximum absolute atomic E-state index is 8.89. The van der Waals surface area contributed by atoms with Crippen molar-refractivity contribution in [3.8, 4) is 11.8 Å². The first-order valence-corrected chi connectivity index (χ1v) is 6.73. The van der Waals surface area contributed by atoms with E-state index in [9.17, 15) is 0 Å². The van der Waals surface area contributed by atoms with Crippen LogP contribution < -0.4 is 10.1 Å². The molecule has 102 valence electrons. The third-order valence-electron chi connectivity index (χ3n) is 3.51. The highest BCUT2D eigenvalue weighted by molar-refractivity contribution is 5.60. The third-order valence-corrected chi connectivity index (χ3v) is 3.51. The summed E-state index contributed by atoms with van der Waals surface area (Å²) in [5.41, 5.74) is 1.56. The van der Waals surface area contributed by atoms with Gasteiger partial charge < -0.3 is 14.8 Å². The molecule has 1 fully saturated rings. The van der Waals surface area contributed by atoms with Crippen LogP contribution >= 0.6 is 0 Å². The topological polar surface area (TPSA) is 54.3 Å². The molecule has 2 atom stereocenters. The average Bonchev–Trinajstić information content (AvgIpc) is 2.48. The van der Waals surface area contributed by atoms with E-state index in [4.69, 9.17) is 14.7 Å². The van der Waals surface area contributed by atoms with Gasteiger partial charge in [-0.3, -0.25) is 0 Å². The molecule has 0 amide bonds. The minimum Gasteiger partial charge on any atom is -0.495 e. The van der Waals surface area contributed by atoms with Gasteiger partial charge in [-0.2, -0.15) is 5.26 Å². The van der Waals surface area contributed by atoms with Gasteiger partial charge in [0.05, 0.1) is 30.5 Å². The van der Waals surface area contributed by atoms with Crippen molar-refractivity contribution in [2.24, 2.45) is 0 Å². The Hall–Kier alpha value is -1.73. The molecule has 1 aliphatic heterocycles. The van der Waals surface area contributed by atoms with E-state index in [1.54, 1.807) is 13.2 Å². The Kier molecular flexibility index (Phi) is 4.64. The molecule has 1 aromatic rings. The average molecular weight is 260 g/mol. The van der Waals surface area contributed by atoms with Gasteiger partial charge >= 0.3 is 0 Å². The van der Waals surface area contributed by atoms with Gasteiger partial charge in [0.15, 0.2) is 0 Å². The smallest absolute Gasteiger partial charge is 0.143 e. The standard InChI is InChI=1S/C15H20N2O2/c1-3-13-9-12(6-7-19-13)17-14-5-4-11(10-16)8-15(14)18-2/h4-5,8,12-13,17H,3,6-7,9H2,1-2H3. The summed E-state index contributed by atoms with van der Waals surface area (Å²) in [5.74, 6) is 0.721. The molecule has 0 saturated carbocycles. The van der Waals surface area contributed by atoms with Gasteiger partial charge in [0, 0.05) is 18.7 Å². The fourth-order valence-corrected chi connectivity index (χ4v) is 2.40. The molecule has 1 heterocycles. The molecule has 1 saturated heterocycles. The van der Waals surface area contributed by atoms with Crippen molar-refractivity contribution < 1.29 is 9.47 Å². The van der Waals surface area contributed by atoms with E-state index in [2.05, 4.69) is 18.3 Å². The summed E-state index contributed by atoms with van der Waals surface area (Å²) in [4.78, 5) is 0.